The zero-order chi connectivity index (χ0) is 74.6. The van der Waals surface area contributed by atoms with Crippen LogP contribution < -0.4 is 33.2 Å². The van der Waals surface area contributed by atoms with Crippen molar-refractivity contribution in [3.8, 4) is 46.3 Å². The highest BCUT2D eigenvalue weighted by atomic mass is 79.9. The summed E-state index contributed by atoms with van der Waals surface area (Å²) in [6.07, 6.45) is 7.72. The summed E-state index contributed by atoms with van der Waals surface area (Å²) in [5.74, 6) is 14.2. The van der Waals surface area contributed by atoms with Gasteiger partial charge in [0.2, 0.25) is 0 Å². The number of para-hydroxylation sites is 4. The Kier molecular flexibility index (Phi) is 29.3. The zero-order valence-electron chi connectivity index (χ0n) is 63.5. The molecule has 8 nitrogen and oxygen atoms in total. The van der Waals surface area contributed by atoms with Gasteiger partial charge in [0.25, 0.3) is 0 Å². The average molecular weight is 1520 g/mol. The summed E-state index contributed by atoms with van der Waals surface area (Å²) in [6.45, 7) is 31.2. The maximum absolute atomic E-state index is 13.1. The summed E-state index contributed by atoms with van der Waals surface area (Å²) in [5, 5.41) is 8.73. The Bertz CT molecular complexity index is 4140. The van der Waals surface area contributed by atoms with Crippen LogP contribution in [0.3, 0.4) is 0 Å². The molecule has 105 heavy (non-hydrogen) atoms. The third kappa shape index (κ3) is 22.1. The normalized spacial score (nSPS) is 21.9. The summed E-state index contributed by atoms with van der Waals surface area (Å²) in [4.78, 5) is 2.74. The van der Waals surface area contributed by atoms with Crippen molar-refractivity contribution in [1.82, 2.24) is 0 Å². The number of ether oxygens (including phenoxy) is 7. The molecule has 13 heteroatoms. The van der Waals surface area contributed by atoms with Crippen molar-refractivity contribution in [2.45, 2.75) is 197 Å². The van der Waals surface area contributed by atoms with Gasteiger partial charge in [0.15, 0.2) is 11.6 Å². The van der Waals surface area contributed by atoms with E-state index in [0.717, 1.165) is 128 Å². The van der Waals surface area contributed by atoms with Crippen LogP contribution in [0.15, 0.2) is 202 Å². The first kappa shape index (κ1) is 79.7. The molecule has 9 unspecified atom stereocenters. The number of nitrogens with zero attached hydrogens (tertiary/aromatic N) is 1. The average Bonchev–Trinajstić information content (AvgIpc) is 1.83. The highest BCUT2D eigenvalue weighted by molar-refractivity contribution is 9.10. The highest BCUT2D eigenvalue weighted by Gasteiger charge is 2.31. The summed E-state index contributed by atoms with van der Waals surface area (Å²) < 4.78 is 65.7. The molecule has 0 aromatic heterocycles. The van der Waals surface area contributed by atoms with Crippen LogP contribution in [0.2, 0.25) is 0 Å². The van der Waals surface area contributed by atoms with E-state index in [9.17, 15) is 8.78 Å². The maximum atomic E-state index is 13.1. The van der Waals surface area contributed by atoms with Gasteiger partial charge >= 0.3 is 0 Å². The van der Waals surface area contributed by atoms with Crippen LogP contribution in [0.5, 0.6) is 40.2 Å². The topological polar surface area (TPSA) is 88.4 Å². The summed E-state index contributed by atoms with van der Waals surface area (Å²) in [5.41, 5.74) is 13.7. The highest BCUT2D eigenvalue weighted by Crippen LogP contribution is 2.44. The zero-order valence-corrected chi connectivity index (χ0v) is 66.7. The fourth-order valence-corrected chi connectivity index (χ4v) is 17.2. The number of fused-ring (bicyclic) bond motifs is 9. The number of benzene rings is 9. The molecule has 0 radical (unpaired) electrons. The van der Waals surface area contributed by atoms with Gasteiger partial charge in [0, 0.05) is 37.1 Å². The lowest BCUT2D eigenvalue weighted by atomic mass is 9.86. The lowest BCUT2D eigenvalue weighted by Gasteiger charge is -2.36. The van der Waals surface area contributed by atoms with Crippen LogP contribution in [-0.4, -0.2) is 56.7 Å². The minimum Gasteiger partial charge on any atom is -0.493 e. The predicted molar refractivity (Wildman–Crippen MR) is 432 cm³/mol. The van der Waals surface area contributed by atoms with Crippen molar-refractivity contribution in [2.75, 3.05) is 51.1 Å². The fourth-order valence-electron chi connectivity index (χ4n) is 14.3. The summed E-state index contributed by atoms with van der Waals surface area (Å²) in [6, 6.07) is 64.2. The van der Waals surface area contributed by atoms with E-state index in [1.165, 1.54) is 83.9 Å². The molecule has 18 rings (SSSR count). The van der Waals surface area contributed by atoms with E-state index in [4.69, 9.17) is 38.4 Å². The Morgan fingerprint density at radius 1 is 0.400 bits per heavy atom. The van der Waals surface area contributed by atoms with Crippen molar-refractivity contribution in [2.24, 2.45) is 0 Å². The standard InChI is InChI=1S/C12H16O.C11H11NO.C11H14O.C10H11BrO.C10H11FO.C10H11FS.C10H12O.C9H10O.C9H10S/c1-9-8-12(2,3)13-11-7-5-4-6-10(9)11;1-8-4-5-13-11-3-2-9(7-12)6-10(8)11;1-8-3-4-11-10(7-8)9(2)5-6-12-11;1-7-4-5-12-10-3-2-8(11)6-9(7)10;1-7-5-6-12-10-8(7)3-2-4-9(10)11;1-7-4-5-12-10-3-2-8(11)6-9(7)10;1-8-6-7-11-10-5-3-2-4-9(8)10;2*1-7-6-10-9-5-3-2-4-8(7)9/h4-7,9H,8H2,1-3H3;2-3,6,8H,4-5H2,1H3;3-4,7,9H,5-6H2,1-2H3;2-3,6-7H,4-5H2,1H3;2-4,7H,5-6H2,1H3;2-3,6-7H,4-5H2,1H3;2-5,8H,6-7H2,1H3;2*2-5,7H,6H2,1H3. The van der Waals surface area contributed by atoms with E-state index in [1.54, 1.807) is 24.3 Å². The molecule has 554 valence electrons. The van der Waals surface area contributed by atoms with Gasteiger partial charge in [-0.3, -0.25) is 0 Å². The van der Waals surface area contributed by atoms with Crippen LogP contribution >= 0.6 is 39.5 Å². The molecule has 9 heterocycles. The Morgan fingerprint density at radius 2 is 0.867 bits per heavy atom. The second kappa shape index (κ2) is 38.6. The van der Waals surface area contributed by atoms with Gasteiger partial charge in [-0.05, 0) is 249 Å². The third-order valence-corrected chi connectivity index (χ3v) is 23.7. The van der Waals surface area contributed by atoms with Crippen LogP contribution in [0.1, 0.15) is 236 Å². The van der Waals surface area contributed by atoms with E-state index in [1.807, 2.05) is 90.3 Å². The van der Waals surface area contributed by atoms with E-state index < -0.39 is 0 Å². The Balaban J connectivity index is 0.000000127. The van der Waals surface area contributed by atoms with Gasteiger partial charge in [-0.15, -0.1) is 23.5 Å². The number of thioether (sulfide) groups is 2. The SMILES string of the molecule is CC1CC(C)(C)Oc2ccccc21.CC1CCOc2c(F)cccc21.CC1CCOc2ccc(Br)cc21.CC1CCOc2ccc(C#N)cc21.CC1CCOc2ccccc21.CC1CCSc2ccc(F)cc21.CC1COc2ccccc21.CC1CSc2ccccc21.Cc1ccc2c(c1)C(C)CCO2. The van der Waals surface area contributed by atoms with Gasteiger partial charge in [-0.25, -0.2) is 8.78 Å². The van der Waals surface area contributed by atoms with E-state index in [-0.39, 0.29) is 17.2 Å². The smallest absolute Gasteiger partial charge is 0.165 e. The Hall–Kier alpha value is -7.89. The van der Waals surface area contributed by atoms with E-state index in [2.05, 4.69) is 196 Å². The van der Waals surface area contributed by atoms with Gasteiger partial charge in [0.05, 0.1) is 51.3 Å². The minimum absolute atomic E-state index is 0.00618. The molecule has 0 spiro atoms. The van der Waals surface area contributed by atoms with Gasteiger partial charge < -0.3 is 33.2 Å². The van der Waals surface area contributed by atoms with Crippen molar-refractivity contribution in [3.63, 3.8) is 0 Å². The van der Waals surface area contributed by atoms with Gasteiger partial charge in [-0.1, -0.05) is 181 Å². The molecular formula is C92H106BrF2NO7S2. The molecule has 0 saturated heterocycles. The molecule has 0 bridgehead atoms. The number of hydrogen-bond donors (Lipinski definition) is 0. The van der Waals surface area contributed by atoms with Crippen molar-refractivity contribution < 1.29 is 41.9 Å². The minimum atomic E-state index is -0.237. The van der Waals surface area contributed by atoms with Crippen LogP contribution in [0.4, 0.5) is 8.78 Å². The molecule has 9 atom stereocenters. The second-order valence-electron chi connectivity index (χ2n) is 29.7. The number of nitriles is 1. The fraction of sp³-hybridized carbons (Fsp3) is 0.402. The monoisotopic (exact) mass is 1520 g/mol. The molecule has 0 saturated carbocycles. The molecule has 9 aromatic rings. The van der Waals surface area contributed by atoms with E-state index >= 15 is 0 Å². The van der Waals surface area contributed by atoms with Crippen LogP contribution in [0.25, 0.3) is 0 Å². The molecule has 0 aliphatic carbocycles. The van der Waals surface area contributed by atoms with Crippen molar-refractivity contribution in [3.05, 3.63) is 265 Å². The van der Waals surface area contributed by atoms with Crippen molar-refractivity contribution >= 4 is 39.5 Å². The molecule has 9 aliphatic rings. The first-order valence-corrected chi connectivity index (χ1v) is 40.5. The number of hydrogen-bond acceptors (Lipinski definition) is 10. The lowest BCUT2D eigenvalue weighted by Crippen LogP contribution is -2.33. The number of aryl methyl sites for hydroxylation is 1. The predicted octanol–water partition coefficient (Wildman–Crippen LogP) is 25.8. The Labute approximate surface area is 641 Å². The Morgan fingerprint density at radius 3 is 1.46 bits per heavy atom. The largest absolute Gasteiger partial charge is 0.493 e. The molecular weight excluding hydrogens is 1410 g/mol. The molecule has 0 fully saturated rings. The van der Waals surface area contributed by atoms with Crippen LogP contribution in [-0.2, 0) is 0 Å². The van der Waals surface area contributed by atoms with Crippen LogP contribution in [0, 0.1) is 29.9 Å². The second-order valence-corrected chi connectivity index (χ2v) is 32.8. The summed E-state index contributed by atoms with van der Waals surface area (Å²) in [7, 11) is 0. The first-order valence-electron chi connectivity index (χ1n) is 37.7. The summed E-state index contributed by atoms with van der Waals surface area (Å²) >= 11 is 7.27. The number of rotatable bonds is 0. The maximum Gasteiger partial charge on any atom is 0.165 e. The molecule has 0 amide bonds. The third-order valence-electron chi connectivity index (χ3n) is 20.7. The van der Waals surface area contributed by atoms with Gasteiger partial charge in [-0.2, -0.15) is 5.26 Å². The molecule has 9 aliphatic heterocycles. The quantitative estimate of drug-likeness (QED) is 0.146. The first-order chi connectivity index (χ1) is 50.6. The van der Waals surface area contributed by atoms with E-state index in [0.29, 0.717) is 59.7 Å². The molecule has 9 aromatic carbocycles. The molecule has 0 N–H and O–H groups in total. The van der Waals surface area contributed by atoms with Gasteiger partial charge in [0.1, 0.15) is 45.9 Å². The lowest BCUT2D eigenvalue weighted by molar-refractivity contribution is 0.0746. The van der Waals surface area contributed by atoms with Crippen molar-refractivity contribution in [1.29, 1.82) is 5.26 Å². The number of halogens is 3.